The molecule has 2 aromatic rings. The maximum absolute atomic E-state index is 12.9. The first-order valence-electron chi connectivity index (χ1n) is 4.30. The number of halogens is 1. The van der Waals surface area contributed by atoms with Crippen LogP contribution in [-0.2, 0) is 0 Å². The van der Waals surface area contributed by atoms with Gasteiger partial charge in [0, 0.05) is 17.3 Å². The fourth-order valence-electron chi connectivity index (χ4n) is 1.31. The maximum atomic E-state index is 12.9. The minimum absolute atomic E-state index is 0.0313. The molecule has 3 nitrogen and oxygen atoms in total. The zero-order valence-electron chi connectivity index (χ0n) is 7.68. The van der Waals surface area contributed by atoms with Crippen molar-refractivity contribution in [2.45, 2.75) is 0 Å². The third kappa shape index (κ3) is 1.88. The standard InChI is InChI=1S/C11H8FNO2/c12-8-1-2-11(15)10(4-8)7-3-9(14)6-13-5-7/h1-6,14-15H. The Morgan fingerprint density at radius 2 is 1.87 bits per heavy atom. The molecule has 0 unspecified atom stereocenters. The lowest BCUT2D eigenvalue weighted by atomic mass is 10.1. The van der Waals surface area contributed by atoms with Crippen LogP contribution in [-0.4, -0.2) is 15.2 Å². The smallest absolute Gasteiger partial charge is 0.134 e. The predicted octanol–water partition coefficient (Wildman–Crippen LogP) is 2.30. The Bertz CT molecular complexity index is 500. The first-order valence-corrected chi connectivity index (χ1v) is 4.30. The van der Waals surface area contributed by atoms with Gasteiger partial charge in [-0.2, -0.15) is 0 Å². The van der Waals surface area contributed by atoms with E-state index >= 15 is 0 Å². The van der Waals surface area contributed by atoms with Crippen LogP contribution in [0.5, 0.6) is 11.5 Å². The monoisotopic (exact) mass is 205 g/mol. The van der Waals surface area contributed by atoms with E-state index in [9.17, 15) is 14.6 Å². The Hall–Kier alpha value is -2.10. The Balaban J connectivity index is 2.58. The van der Waals surface area contributed by atoms with E-state index in [1.807, 2.05) is 0 Å². The van der Waals surface area contributed by atoms with Crippen molar-refractivity contribution in [3.05, 3.63) is 42.5 Å². The molecule has 0 saturated heterocycles. The molecule has 1 heterocycles. The molecule has 15 heavy (non-hydrogen) atoms. The van der Waals surface area contributed by atoms with Crippen LogP contribution in [0.1, 0.15) is 0 Å². The number of aromatic nitrogens is 1. The maximum Gasteiger partial charge on any atom is 0.134 e. The van der Waals surface area contributed by atoms with Crippen LogP contribution in [0.15, 0.2) is 36.7 Å². The lowest BCUT2D eigenvalue weighted by molar-refractivity contribution is 0.471. The second-order valence-corrected chi connectivity index (χ2v) is 3.09. The van der Waals surface area contributed by atoms with Crippen molar-refractivity contribution in [2.75, 3.05) is 0 Å². The minimum Gasteiger partial charge on any atom is -0.507 e. The van der Waals surface area contributed by atoms with Crippen LogP contribution in [0.2, 0.25) is 0 Å². The molecule has 1 aromatic carbocycles. The Morgan fingerprint density at radius 3 is 2.60 bits per heavy atom. The van der Waals surface area contributed by atoms with Crippen LogP contribution in [0.3, 0.4) is 0 Å². The third-order valence-corrected chi connectivity index (χ3v) is 1.99. The molecule has 0 fully saturated rings. The molecule has 4 heteroatoms. The summed E-state index contributed by atoms with van der Waals surface area (Å²) in [4.78, 5) is 3.75. The molecule has 0 atom stereocenters. The Kier molecular flexibility index (Phi) is 2.25. The number of nitrogens with zero attached hydrogens (tertiary/aromatic N) is 1. The largest absolute Gasteiger partial charge is 0.507 e. The van der Waals surface area contributed by atoms with Gasteiger partial charge in [-0.15, -0.1) is 0 Å². The summed E-state index contributed by atoms with van der Waals surface area (Å²) in [5.41, 5.74) is 0.769. The summed E-state index contributed by atoms with van der Waals surface area (Å²) >= 11 is 0. The second-order valence-electron chi connectivity index (χ2n) is 3.09. The minimum atomic E-state index is -0.453. The molecule has 76 valence electrons. The molecule has 2 N–H and O–H groups in total. The summed E-state index contributed by atoms with van der Waals surface area (Å²) in [6.45, 7) is 0. The molecule has 1 aromatic heterocycles. The van der Waals surface area contributed by atoms with Gasteiger partial charge in [0.1, 0.15) is 17.3 Å². The van der Waals surface area contributed by atoms with Crippen LogP contribution >= 0.6 is 0 Å². The fraction of sp³-hybridized carbons (Fsp3) is 0. The highest BCUT2D eigenvalue weighted by molar-refractivity contribution is 5.70. The lowest BCUT2D eigenvalue weighted by Crippen LogP contribution is -1.83. The van der Waals surface area contributed by atoms with Gasteiger partial charge in [-0.1, -0.05) is 0 Å². The molecular weight excluding hydrogens is 197 g/mol. The SMILES string of the molecule is Oc1cncc(-c2cc(F)ccc2O)c1. The molecular formula is C11H8FNO2. The van der Waals surface area contributed by atoms with Crippen LogP contribution in [0.25, 0.3) is 11.1 Å². The van der Waals surface area contributed by atoms with E-state index in [4.69, 9.17) is 0 Å². The summed E-state index contributed by atoms with van der Waals surface area (Å²) in [6.07, 6.45) is 2.70. The van der Waals surface area contributed by atoms with Gasteiger partial charge in [-0.3, -0.25) is 4.98 Å². The van der Waals surface area contributed by atoms with E-state index in [1.54, 1.807) is 0 Å². The number of pyridine rings is 1. The first kappa shape index (κ1) is 9.45. The van der Waals surface area contributed by atoms with Crippen LogP contribution in [0.4, 0.5) is 4.39 Å². The van der Waals surface area contributed by atoms with E-state index in [-0.39, 0.29) is 11.5 Å². The highest BCUT2D eigenvalue weighted by atomic mass is 19.1. The summed E-state index contributed by atoms with van der Waals surface area (Å²) < 4.78 is 12.9. The number of hydrogen-bond donors (Lipinski definition) is 2. The number of aromatic hydroxyl groups is 2. The van der Waals surface area contributed by atoms with Crippen molar-refractivity contribution in [3.63, 3.8) is 0 Å². The zero-order chi connectivity index (χ0) is 10.8. The van der Waals surface area contributed by atoms with Gasteiger partial charge in [0.05, 0.1) is 6.20 Å². The van der Waals surface area contributed by atoms with E-state index in [2.05, 4.69) is 4.98 Å². The van der Waals surface area contributed by atoms with Gasteiger partial charge < -0.3 is 10.2 Å². The van der Waals surface area contributed by atoms with Gasteiger partial charge in [0.15, 0.2) is 0 Å². The van der Waals surface area contributed by atoms with Crippen LogP contribution < -0.4 is 0 Å². The molecule has 0 radical (unpaired) electrons. The topological polar surface area (TPSA) is 53.4 Å². The average molecular weight is 205 g/mol. The van der Waals surface area contributed by atoms with Crippen molar-refractivity contribution in [3.8, 4) is 22.6 Å². The number of benzene rings is 1. The molecule has 0 amide bonds. The average Bonchev–Trinajstić information content (AvgIpc) is 2.22. The van der Waals surface area contributed by atoms with E-state index in [1.165, 1.54) is 30.6 Å². The molecule has 0 saturated carbocycles. The van der Waals surface area contributed by atoms with E-state index in [0.717, 1.165) is 6.07 Å². The lowest BCUT2D eigenvalue weighted by Gasteiger charge is -2.04. The molecule has 2 rings (SSSR count). The number of hydrogen-bond acceptors (Lipinski definition) is 3. The first-order chi connectivity index (χ1) is 7.16. The van der Waals surface area contributed by atoms with Gasteiger partial charge >= 0.3 is 0 Å². The highest BCUT2D eigenvalue weighted by Crippen LogP contribution is 2.30. The highest BCUT2D eigenvalue weighted by Gasteiger charge is 2.06. The predicted molar refractivity (Wildman–Crippen MR) is 53.0 cm³/mol. The Morgan fingerprint density at radius 1 is 1.07 bits per heavy atom. The molecule has 0 bridgehead atoms. The number of phenols is 1. The molecule has 0 aliphatic heterocycles. The molecule has 0 spiro atoms. The molecule has 0 aliphatic carbocycles. The van der Waals surface area contributed by atoms with E-state index < -0.39 is 5.82 Å². The molecule has 0 aliphatic rings. The van der Waals surface area contributed by atoms with Crippen molar-refractivity contribution >= 4 is 0 Å². The Labute approximate surface area is 85.5 Å². The van der Waals surface area contributed by atoms with Gasteiger partial charge in [0.2, 0.25) is 0 Å². The van der Waals surface area contributed by atoms with Crippen molar-refractivity contribution < 1.29 is 14.6 Å². The van der Waals surface area contributed by atoms with Crippen molar-refractivity contribution in [2.24, 2.45) is 0 Å². The number of phenolic OH excluding ortho intramolecular Hbond substituents is 1. The summed E-state index contributed by atoms with van der Waals surface area (Å²) in [5, 5.41) is 18.7. The van der Waals surface area contributed by atoms with Gasteiger partial charge in [-0.05, 0) is 24.3 Å². The fourth-order valence-corrected chi connectivity index (χ4v) is 1.31. The van der Waals surface area contributed by atoms with Crippen molar-refractivity contribution in [1.29, 1.82) is 0 Å². The van der Waals surface area contributed by atoms with Crippen molar-refractivity contribution in [1.82, 2.24) is 4.98 Å². The third-order valence-electron chi connectivity index (χ3n) is 1.99. The summed E-state index contributed by atoms with van der Waals surface area (Å²) in [5.74, 6) is -0.536. The zero-order valence-corrected chi connectivity index (χ0v) is 7.68. The second kappa shape index (κ2) is 3.57. The summed E-state index contributed by atoms with van der Waals surface area (Å²) in [7, 11) is 0. The van der Waals surface area contributed by atoms with Gasteiger partial charge in [-0.25, -0.2) is 4.39 Å². The van der Waals surface area contributed by atoms with Crippen LogP contribution in [0, 0.1) is 5.82 Å². The normalized spacial score (nSPS) is 10.2. The van der Waals surface area contributed by atoms with E-state index in [0.29, 0.717) is 11.1 Å². The quantitative estimate of drug-likeness (QED) is 0.751. The van der Waals surface area contributed by atoms with Gasteiger partial charge in [0.25, 0.3) is 0 Å². The summed E-state index contributed by atoms with van der Waals surface area (Å²) in [6, 6.07) is 5.01. The number of rotatable bonds is 1.